The minimum Gasteiger partial charge on any atom is -0.462 e. The fourth-order valence-electron chi connectivity index (χ4n) is 11.4. The van der Waals surface area contributed by atoms with Crippen LogP contribution in [0, 0.1) is 0 Å². The molecule has 0 aliphatic rings. The van der Waals surface area contributed by atoms with E-state index in [9.17, 15) is 43.2 Å². The van der Waals surface area contributed by atoms with E-state index < -0.39 is 97.5 Å². The molecule has 0 aromatic carbocycles. The van der Waals surface area contributed by atoms with Crippen LogP contribution in [0.15, 0.2) is 0 Å². The van der Waals surface area contributed by atoms with Crippen LogP contribution in [0.2, 0.25) is 0 Å². The van der Waals surface area contributed by atoms with E-state index in [-0.39, 0.29) is 25.7 Å². The number of aliphatic hydroxyl groups excluding tert-OH is 1. The number of aliphatic hydroxyl groups is 1. The maximum atomic E-state index is 13.1. The molecule has 17 nitrogen and oxygen atoms in total. The summed E-state index contributed by atoms with van der Waals surface area (Å²) in [4.78, 5) is 72.5. The molecule has 93 heavy (non-hydrogen) atoms. The number of rotatable bonds is 75. The Labute approximate surface area is 568 Å². The van der Waals surface area contributed by atoms with Crippen LogP contribution in [-0.2, 0) is 65.4 Å². The fraction of sp³-hybridized carbons (Fsp3) is 0.946. The highest BCUT2D eigenvalue weighted by Crippen LogP contribution is 2.45. The lowest BCUT2D eigenvalue weighted by molar-refractivity contribution is -0.161. The third-order valence-electron chi connectivity index (χ3n) is 17.4. The highest BCUT2D eigenvalue weighted by Gasteiger charge is 2.30. The second-order valence-corrected chi connectivity index (χ2v) is 29.6. The lowest BCUT2D eigenvalue weighted by atomic mass is 10.0. The van der Waals surface area contributed by atoms with Crippen molar-refractivity contribution in [3.63, 3.8) is 0 Å². The summed E-state index contributed by atoms with van der Waals surface area (Å²) in [5.41, 5.74) is 0. The van der Waals surface area contributed by atoms with Crippen molar-refractivity contribution < 1.29 is 80.2 Å². The summed E-state index contributed by atoms with van der Waals surface area (Å²) in [6.07, 6.45) is 58.6. The molecule has 0 bridgehead atoms. The zero-order chi connectivity index (χ0) is 68.2. The van der Waals surface area contributed by atoms with Gasteiger partial charge in [-0.05, 0) is 25.7 Å². The minimum atomic E-state index is -4.95. The molecule has 0 radical (unpaired) electrons. The van der Waals surface area contributed by atoms with Crippen molar-refractivity contribution in [1.82, 2.24) is 0 Å². The maximum absolute atomic E-state index is 13.1. The van der Waals surface area contributed by atoms with Crippen LogP contribution < -0.4 is 0 Å². The van der Waals surface area contributed by atoms with Gasteiger partial charge in [0.25, 0.3) is 0 Å². The molecular weight excluding hydrogens is 1220 g/mol. The Morgan fingerprint density at radius 3 is 0.634 bits per heavy atom. The molecule has 2 unspecified atom stereocenters. The van der Waals surface area contributed by atoms with Crippen LogP contribution >= 0.6 is 15.6 Å². The zero-order valence-corrected chi connectivity index (χ0v) is 62.0. The summed E-state index contributed by atoms with van der Waals surface area (Å²) in [5.74, 6) is -2.12. The molecular formula is C74H144O17P2. The number of hydrogen-bond acceptors (Lipinski definition) is 15. The zero-order valence-electron chi connectivity index (χ0n) is 60.2. The summed E-state index contributed by atoms with van der Waals surface area (Å²) >= 11 is 0. The van der Waals surface area contributed by atoms with Crippen LogP contribution in [0.1, 0.15) is 394 Å². The van der Waals surface area contributed by atoms with E-state index in [1.54, 1.807) is 0 Å². The topological polar surface area (TPSA) is 237 Å². The number of phosphoric acid groups is 2. The number of carbonyl (C=O) groups is 4. The van der Waals surface area contributed by atoms with Crippen LogP contribution in [-0.4, -0.2) is 96.7 Å². The van der Waals surface area contributed by atoms with Crippen molar-refractivity contribution >= 4 is 39.5 Å². The van der Waals surface area contributed by atoms with E-state index in [1.165, 1.54) is 218 Å². The summed E-state index contributed by atoms with van der Waals surface area (Å²) in [6.45, 7) is 4.90. The van der Waals surface area contributed by atoms with Crippen LogP contribution in [0.4, 0.5) is 0 Å². The first-order valence-corrected chi connectivity index (χ1v) is 41.8. The molecule has 0 aromatic rings. The third kappa shape index (κ3) is 68.4. The second-order valence-electron chi connectivity index (χ2n) is 26.7. The standard InChI is InChI=1S/C74H144O17P2/c1-5-9-13-17-20-23-26-29-32-33-34-37-40-43-46-49-53-57-61-74(79)91-70(65-85-72(77)59-55-51-47-44-41-38-35-30-27-24-21-18-14-10-6-2)67-89-93(82,83)87-63-68(75)62-86-92(80,81)88-66-69(64-84-71(76)58-54-50-16-12-8-4)90-73(78)60-56-52-48-45-42-39-36-31-28-25-22-19-15-11-7-3/h68-70,75H,5-67H2,1-4H3,(H,80,81)(H,82,83)/t68-,69+,70+/m0/s1. The van der Waals surface area contributed by atoms with Gasteiger partial charge in [0.1, 0.15) is 19.3 Å². The van der Waals surface area contributed by atoms with Crippen molar-refractivity contribution in [2.45, 2.75) is 412 Å². The molecule has 0 saturated carbocycles. The number of carbonyl (C=O) groups excluding carboxylic acids is 4. The SMILES string of the molecule is CCCCCCCCCCCCCCCCCCCCC(=O)O[C@H](COC(=O)CCCCCCCCCCCCCCCCC)COP(=O)(O)OC[C@@H](O)COP(=O)(O)OC[C@@H](COC(=O)CCCCCCC)OC(=O)CCCCCCCCCCCCCCCCC. The Morgan fingerprint density at radius 1 is 0.258 bits per heavy atom. The Balaban J connectivity index is 5.14. The van der Waals surface area contributed by atoms with E-state index >= 15 is 0 Å². The molecule has 0 amide bonds. The van der Waals surface area contributed by atoms with Crippen LogP contribution in [0.3, 0.4) is 0 Å². The second kappa shape index (κ2) is 68.6. The first kappa shape index (κ1) is 91.1. The molecule has 0 spiro atoms. The van der Waals surface area contributed by atoms with Crippen molar-refractivity contribution in [2.24, 2.45) is 0 Å². The minimum absolute atomic E-state index is 0.108. The maximum Gasteiger partial charge on any atom is 0.472 e. The monoisotopic (exact) mass is 1370 g/mol. The highest BCUT2D eigenvalue weighted by atomic mass is 31.2. The van der Waals surface area contributed by atoms with Gasteiger partial charge in [-0.3, -0.25) is 37.3 Å². The van der Waals surface area contributed by atoms with Crippen LogP contribution in [0.25, 0.3) is 0 Å². The van der Waals surface area contributed by atoms with Gasteiger partial charge in [0.05, 0.1) is 26.4 Å². The lowest BCUT2D eigenvalue weighted by Gasteiger charge is -2.21. The predicted octanol–water partition coefficient (Wildman–Crippen LogP) is 21.8. The predicted molar refractivity (Wildman–Crippen MR) is 377 cm³/mol. The number of esters is 4. The van der Waals surface area contributed by atoms with Gasteiger partial charge >= 0.3 is 39.5 Å². The van der Waals surface area contributed by atoms with Crippen molar-refractivity contribution in [2.75, 3.05) is 39.6 Å². The molecule has 0 aliphatic carbocycles. The number of phosphoric ester groups is 2. The smallest absolute Gasteiger partial charge is 0.462 e. The molecule has 552 valence electrons. The van der Waals surface area contributed by atoms with E-state index in [0.29, 0.717) is 25.7 Å². The van der Waals surface area contributed by atoms with E-state index in [1.807, 2.05) is 0 Å². The first-order valence-electron chi connectivity index (χ1n) is 38.8. The number of unbranched alkanes of at least 4 members (excludes halogenated alkanes) is 49. The van der Waals surface area contributed by atoms with E-state index in [2.05, 4.69) is 27.7 Å². The van der Waals surface area contributed by atoms with Gasteiger partial charge in [-0.25, -0.2) is 9.13 Å². The highest BCUT2D eigenvalue weighted by molar-refractivity contribution is 7.47. The van der Waals surface area contributed by atoms with Gasteiger partial charge in [-0.15, -0.1) is 0 Å². The third-order valence-corrected chi connectivity index (χ3v) is 19.3. The van der Waals surface area contributed by atoms with E-state index in [4.69, 9.17) is 37.0 Å². The van der Waals surface area contributed by atoms with Gasteiger partial charge in [-0.1, -0.05) is 342 Å². The molecule has 19 heteroatoms. The average molecular weight is 1370 g/mol. The molecule has 3 N–H and O–H groups in total. The fourth-order valence-corrected chi connectivity index (χ4v) is 13.0. The normalized spacial score (nSPS) is 13.9. The van der Waals surface area contributed by atoms with Crippen molar-refractivity contribution in [3.05, 3.63) is 0 Å². The van der Waals surface area contributed by atoms with Gasteiger partial charge < -0.3 is 33.8 Å². The molecule has 5 atom stereocenters. The van der Waals surface area contributed by atoms with Gasteiger partial charge in [0.15, 0.2) is 12.2 Å². The van der Waals surface area contributed by atoms with Gasteiger partial charge in [-0.2, -0.15) is 0 Å². The Kier molecular flexibility index (Phi) is 67.1. The summed E-state index contributed by atoms with van der Waals surface area (Å²) in [5, 5.41) is 10.6. The lowest BCUT2D eigenvalue weighted by Crippen LogP contribution is -2.30. The Hall–Kier alpha value is -1.94. The molecule has 0 saturated heterocycles. The van der Waals surface area contributed by atoms with Crippen molar-refractivity contribution in [3.8, 4) is 0 Å². The van der Waals surface area contributed by atoms with Crippen LogP contribution in [0.5, 0.6) is 0 Å². The molecule has 0 heterocycles. The number of hydrogen-bond donors (Lipinski definition) is 3. The largest absolute Gasteiger partial charge is 0.472 e. The Bertz CT molecular complexity index is 1770. The first-order chi connectivity index (χ1) is 45.2. The molecule has 0 rings (SSSR count). The molecule has 0 aliphatic heterocycles. The summed E-state index contributed by atoms with van der Waals surface area (Å²) < 4.78 is 68.3. The quantitative estimate of drug-likeness (QED) is 0.0222. The summed E-state index contributed by atoms with van der Waals surface area (Å²) in [7, 11) is -9.90. The summed E-state index contributed by atoms with van der Waals surface area (Å²) in [6, 6.07) is 0. The van der Waals surface area contributed by atoms with E-state index in [0.717, 1.165) is 96.3 Å². The van der Waals surface area contributed by atoms with Crippen molar-refractivity contribution in [1.29, 1.82) is 0 Å². The molecule has 0 fully saturated rings. The molecule has 0 aromatic heterocycles. The Morgan fingerprint density at radius 2 is 0.430 bits per heavy atom. The van der Waals surface area contributed by atoms with Gasteiger partial charge in [0, 0.05) is 25.7 Å². The van der Waals surface area contributed by atoms with Gasteiger partial charge in [0.2, 0.25) is 0 Å². The number of ether oxygens (including phenoxy) is 4. The average Bonchev–Trinajstić information content (AvgIpc) is 3.08.